The van der Waals surface area contributed by atoms with Gasteiger partial charge in [0.05, 0.1) is 5.41 Å². The summed E-state index contributed by atoms with van der Waals surface area (Å²) in [7, 11) is 0. The van der Waals surface area contributed by atoms with Crippen molar-refractivity contribution in [2.75, 3.05) is 13.1 Å². The third-order valence-electron chi connectivity index (χ3n) is 5.26. The molecule has 1 aliphatic rings. The van der Waals surface area contributed by atoms with Crippen LogP contribution in [0.2, 0.25) is 0 Å². The van der Waals surface area contributed by atoms with Crippen molar-refractivity contribution in [3.8, 4) is 0 Å². The number of carbonyl (C=O) groups is 1. The van der Waals surface area contributed by atoms with Crippen molar-refractivity contribution in [3.63, 3.8) is 0 Å². The van der Waals surface area contributed by atoms with Gasteiger partial charge in [-0.3, -0.25) is 4.79 Å². The maximum atomic E-state index is 12.6. The zero-order valence-electron chi connectivity index (χ0n) is 13.0. The summed E-state index contributed by atoms with van der Waals surface area (Å²) >= 11 is 0. The predicted molar refractivity (Wildman–Crippen MR) is 76.3 cm³/mol. The highest BCUT2D eigenvalue weighted by molar-refractivity contribution is 5.83. The fraction of sp³-hybridized carbons (Fsp3) is 0.933. The SMILES string of the molecule is CCC1(C)CCN(C(=O)C(C)(C)C(C)(C)N)CC1. The van der Waals surface area contributed by atoms with Gasteiger partial charge in [0.2, 0.25) is 5.91 Å². The van der Waals surface area contributed by atoms with Gasteiger partial charge < -0.3 is 10.6 Å². The zero-order chi connectivity index (χ0) is 14.2. The Balaban J connectivity index is 2.72. The van der Waals surface area contributed by atoms with E-state index in [-0.39, 0.29) is 5.91 Å². The Bertz CT molecular complexity index is 307. The van der Waals surface area contributed by atoms with Crippen molar-refractivity contribution in [1.82, 2.24) is 4.90 Å². The fourth-order valence-electron chi connectivity index (χ4n) is 2.27. The van der Waals surface area contributed by atoms with Gasteiger partial charge in [-0.2, -0.15) is 0 Å². The second-order valence-electron chi connectivity index (χ2n) is 7.30. The van der Waals surface area contributed by atoms with Crippen LogP contribution in [0.15, 0.2) is 0 Å². The van der Waals surface area contributed by atoms with E-state index in [4.69, 9.17) is 5.73 Å². The topological polar surface area (TPSA) is 46.3 Å². The molecule has 1 rings (SSSR count). The van der Waals surface area contributed by atoms with E-state index in [0.29, 0.717) is 5.41 Å². The molecule has 2 N–H and O–H groups in total. The molecule has 1 amide bonds. The highest BCUT2D eigenvalue weighted by Crippen LogP contribution is 2.37. The Kier molecular flexibility index (Phi) is 4.16. The Hall–Kier alpha value is -0.570. The summed E-state index contributed by atoms with van der Waals surface area (Å²) in [6.45, 7) is 14.1. The summed E-state index contributed by atoms with van der Waals surface area (Å²) in [4.78, 5) is 14.6. The zero-order valence-corrected chi connectivity index (χ0v) is 13.0. The van der Waals surface area contributed by atoms with Crippen LogP contribution in [0.3, 0.4) is 0 Å². The largest absolute Gasteiger partial charge is 0.342 e. The Morgan fingerprint density at radius 1 is 1.22 bits per heavy atom. The lowest BCUT2D eigenvalue weighted by Gasteiger charge is -2.45. The van der Waals surface area contributed by atoms with Crippen molar-refractivity contribution in [2.45, 2.75) is 66.3 Å². The highest BCUT2D eigenvalue weighted by atomic mass is 16.2. The van der Waals surface area contributed by atoms with Crippen molar-refractivity contribution >= 4 is 5.91 Å². The molecule has 0 atom stereocenters. The number of rotatable bonds is 3. The molecule has 1 heterocycles. The monoisotopic (exact) mass is 254 g/mol. The van der Waals surface area contributed by atoms with Crippen molar-refractivity contribution in [1.29, 1.82) is 0 Å². The molecule has 0 saturated carbocycles. The number of carbonyl (C=O) groups excluding carboxylic acids is 1. The normalized spacial score (nSPS) is 20.9. The number of nitrogens with two attached hydrogens (primary N) is 1. The molecule has 0 aromatic heterocycles. The summed E-state index contributed by atoms with van der Waals surface area (Å²) in [5, 5.41) is 0. The lowest BCUT2D eigenvalue weighted by atomic mass is 9.72. The first-order chi connectivity index (χ1) is 8.03. The number of hydrogen-bond donors (Lipinski definition) is 1. The van der Waals surface area contributed by atoms with Crippen LogP contribution in [0, 0.1) is 10.8 Å². The minimum Gasteiger partial charge on any atom is -0.342 e. The van der Waals surface area contributed by atoms with Gasteiger partial charge in [-0.15, -0.1) is 0 Å². The average Bonchev–Trinajstić information content (AvgIpc) is 2.27. The number of nitrogens with zero attached hydrogens (tertiary/aromatic N) is 1. The number of amides is 1. The van der Waals surface area contributed by atoms with Gasteiger partial charge in [0, 0.05) is 18.6 Å². The number of hydrogen-bond acceptors (Lipinski definition) is 2. The van der Waals surface area contributed by atoms with Crippen molar-refractivity contribution in [2.24, 2.45) is 16.6 Å². The van der Waals surface area contributed by atoms with E-state index in [9.17, 15) is 4.79 Å². The standard InChI is InChI=1S/C15H30N2O/c1-7-15(6)8-10-17(11-9-15)12(18)13(2,3)14(4,5)16/h7-11,16H2,1-6H3. The summed E-state index contributed by atoms with van der Waals surface area (Å²) in [5.74, 6) is 0.202. The molecular formula is C15H30N2O. The van der Waals surface area contributed by atoms with E-state index in [1.165, 1.54) is 6.42 Å². The predicted octanol–water partition coefficient (Wildman–Crippen LogP) is 2.79. The first kappa shape index (κ1) is 15.5. The second kappa shape index (κ2) is 4.84. The van der Waals surface area contributed by atoms with E-state index in [1.54, 1.807) is 0 Å². The molecule has 0 spiro atoms. The van der Waals surface area contributed by atoms with Crippen LogP contribution in [-0.2, 0) is 4.79 Å². The molecule has 1 aliphatic heterocycles. The van der Waals surface area contributed by atoms with Gasteiger partial charge >= 0.3 is 0 Å². The second-order valence-corrected chi connectivity index (χ2v) is 7.30. The van der Waals surface area contributed by atoms with E-state index in [1.807, 2.05) is 32.6 Å². The molecule has 0 unspecified atom stereocenters. The Morgan fingerprint density at radius 2 is 1.67 bits per heavy atom. The smallest absolute Gasteiger partial charge is 0.230 e. The van der Waals surface area contributed by atoms with Crippen LogP contribution < -0.4 is 5.73 Å². The molecule has 0 radical (unpaired) electrons. The number of likely N-dealkylation sites (tertiary alicyclic amines) is 1. The van der Waals surface area contributed by atoms with E-state index in [2.05, 4.69) is 13.8 Å². The van der Waals surface area contributed by atoms with Gasteiger partial charge in [-0.25, -0.2) is 0 Å². The Morgan fingerprint density at radius 3 is 2.00 bits per heavy atom. The first-order valence-electron chi connectivity index (χ1n) is 7.12. The maximum Gasteiger partial charge on any atom is 0.230 e. The van der Waals surface area contributed by atoms with Crippen LogP contribution in [0.4, 0.5) is 0 Å². The average molecular weight is 254 g/mol. The lowest BCUT2D eigenvalue weighted by Crippen LogP contribution is -2.58. The summed E-state index contributed by atoms with van der Waals surface area (Å²) in [6.07, 6.45) is 3.41. The maximum absolute atomic E-state index is 12.6. The summed E-state index contributed by atoms with van der Waals surface area (Å²) < 4.78 is 0. The third kappa shape index (κ3) is 2.87. The first-order valence-corrected chi connectivity index (χ1v) is 7.12. The molecule has 18 heavy (non-hydrogen) atoms. The van der Waals surface area contributed by atoms with Gasteiger partial charge in [0.25, 0.3) is 0 Å². The van der Waals surface area contributed by atoms with Crippen LogP contribution in [0.25, 0.3) is 0 Å². The van der Waals surface area contributed by atoms with Crippen molar-refractivity contribution < 1.29 is 4.79 Å². The molecule has 106 valence electrons. The molecule has 3 nitrogen and oxygen atoms in total. The number of piperidine rings is 1. The van der Waals surface area contributed by atoms with Crippen LogP contribution in [0.5, 0.6) is 0 Å². The highest BCUT2D eigenvalue weighted by Gasteiger charge is 2.44. The van der Waals surface area contributed by atoms with E-state index in [0.717, 1.165) is 25.9 Å². The lowest BCUT2D eigenvalue weighted by molar-refractivity contribution is -0.145. The van der Waals surface area contributed by atoms with Crippen LogP contribution in [0.1, 0.15) is 60.8 Å². The molecule has 0 bridgehead atoms. The summed E-state index contributed by atoms with van der Waals surface area (Å²) in [6, 6.07) is 0. The van der Waals surface area contributed by atoms with Gasteiger partial charge in [-0.05, 0) is 46.0 Å². The third-order valence-corrected chi connectivity index (χ3v) is 5.26. The van der Waals surface area contributed by atoms with Gasteiger partial charge in [-0.1, -0.05) is 20.3 Å². The van der Waals surface area contributed by atoms with Crippen molar-refractivity contribution in [3.05, 3.63) is 0 Å². The van der Waals surface area contributed by atoms with Crippen LogP contribution in [-0.4, -0.2) is 29.4 Å². The molecule has 1 fully saturated rings. The van der Waals surface area contributed by atoms with Gasteiger partial charge in [0.15, 0.2) is 0 Å². The van der Waals surface area contributed by atoms with Crippen LogP contribution >= 0.6 is 0 Å². The molecule has 0 aromatic carbocycles. The Labute approximate surface area is 112 Å². The quantitative estimate of drug-likeness (QED) is 0.842. The molecular weight excluding hydrogens is 224 g/mol. The molecule has 3 heteroatoms. The van der Waals surface area contributed by atoms with E-state index < -0.39 is 11.0 Å². The summed E-state index contributed by atoms with van der Waals surface area (Å²) in [5.41, 5.74) is 5.57. The van der Waals surface area contributed by atoms with Gasteiger partial charge in [0.1, 0.15) is 0 Å². The minimum atomic E-state index is -0.507. The fourth-order valence-corrected chi connectivity index (χ4v) is 2.27. The minimum absolute atomic E-state index is 0.202. The molecule has 0 aliphatic carbocycles. The molecule has 0 aromatic rings. The van der Waals surface area contributed by atoms with E-state index >= 15 is 0 Å². The molecule has 1 saturated heterocycles.